The number of aliphatic carboxylic acids is 1. The first-order valence-corrected chi connectivity index (χ1v) is 13.2. The molecule has 1 N–H and O–H groups in total. The number of hydrogen-bond donors (Lipinski definition) is 1. The zero-order chi connectivity index (χ0) is 26.6. The van der Waals surface area contributed by atoms with E-state index < -0.39 is 5.97 Å². The van der Waals surface area contributed by atoms with Gasteiger partial charge in [0.25, 0.3) is 0 Å². The molecule has 1 aliphatic rings. The maximum absolute atomic E-state index is 13.7. The topological polar surface area (TPSA) is 75.4 Å². The van der Waals surface area contributed by atoms with Crippen LogP contribution in [0.1, 0.15) is 49.1 Å². The number of fused-ring (bicyclic) bond motifs is 1. The number of nitrogens with zero attached hydrogens (tertiary/aromatic N) is 3. The fraction of sp³-hybridized carbons (Fsp3) is 0.281. The van der Waals surface area contributed by atoms with Crippen LogP contribution < -0.4 is 4.90 Å². The first kappa shape index (κ1) is 25.5. The van der Waals surface area contributed by atoms with Gasteiger partial charge in [0.05, 0.1) is 17.6 Å². The fourth-order valence-electron chi connectivity index (χ4n) is 5.31. The summed E-state index contributed by atoms with van der Waals surface area (Å²) in [4.78, 5) is 31.2. The van der Waals surface area contributed by atoms with Gasteiger partial charge in [-0.1, -0.05) is 61.7 Å². The molecule has 4 aromatic rings. The van der Waals surface area contributed by atoms with Gasteiger partial charge in [0, 0.05) is 24.7 Å². The number of imidazole rings is 1. The number of aryl methyl sites for hydroxylation is 2. The summed E-state index contributed by atoms with van der Waals surface area (Å²) in [6, 6.07) is 22.2. The Hall–Kier alpha value is -4.19. The number of amides is 1. The van der Waals surface area contributed by atoms with Crippen LogP contribution in [0.4, 0.5) is 5.69 Å². The Bertz CT molecular complexity index is 1490. The highest BCUT2D eigenvalue weighted by Crippen LogP contribution is 2.30. The van der Waals surface area contributed by atoms with Gasteiger partial charge in [-0.05, 0) is 72.4 Å². The maximum Gasteiger partial charge on any atom is 0.328 e. The summed E-state index contributed by atoms with van der Waals surface area (Å²) < 4.78 is 2.10. The van der Waals surface area contributed by atoms with Gasteiger partial charge in [-0.2, -0.15) is 0 Å². The molecule has 0 radical (unpaired) electrons. The molecule has 1 fully saturated rings. The van der Waals surface area contributed by atoms with Crippen molar-refractivity contribution in [1.82, 2.24) is 9.55 Å². The third kappa shape index (κ3) is 5.54. The molecule has 3 aromatic carbocycles. The van der Waals surface area contributed by atoms with E-state index in [2.05, 4.69) is 52.0 Å². The number of carboxylic acids is 1. The van der Waals surface area contributed by atoms with Crippen molar-refractivity contribution in [2.75, 3.05) is 4.90 Å². The number of carbonyl (C=O) groups is 2. The predicted octanol–water partition coefficient (Wildman–Crippen LogP) is 6.76. The average Bonchev–Trinajstić information content (AvgIpc) is 3.23. The summed E-state index contributed by atoms with van der Waals surface area (Å²) in [5, 5.41) is 9.02. The van der Waals surface area contributed by atoms with E-state index in [1.807, 2.05) is 43.1 Å². The van der Waals surface area contributed by atoms with Crippen molar-refractivity contribution in [3.63, 3.8) is 0 Å². The quantitative estimate of drug-likeness (QED) is 0.281. The summed E-state index contributed by atoms with van der Waals surface area (Å²) in [5.41, 5.74) is 6.91. The lowest BCUT2D eigenvalue weighted by molar-refractivity contribution is -0.131. The molecule has 1 aromatic heterocycles. The molecule has 6 nitrogen and oxygen atoms in total. The molecule has 1 aliphatic carbocycles. The maximum atomic E-state index is 13.7. The molecule has 0 spiro atoms. The van der Waals surface area contributed by atoms with E-state index in [0.29, 0.717) is 6.54 Å². The molecule has 5 rings (SSSR count). The Kier molecular flexibility index (Phi) is 7.40. The molecule has 38 heavy (non-hydrogen) atoms. The lowest BCUT2D eigenvalue weighted by atomic mass is 9.88. The van der Waals surface area contributed by atoms with Gasteiger partial charge in [-0.15, -0.1) is 0 Å². The minimum atomic E-state index is -0.997. The van der Waals surface area contributed by atoms with Crippen LogP contribution in [0.15, 0.2) is 72.8 Å². The summed E-state index contributed by atoms with van der Waals surface area (Å²) in [5.74, 6) is 0.154. The second-order valence-electron chi connectivity index (χ2n) is 10.1. The summed E-state index contributed by atoms with van der Waals surface area (Å²) in [7, 11) is 2.03. The van der Waals surface area contributed by atoms with Crippen molar-refractivity contribution in [1.29, 1.82) is 0 Å². The minimum absolute atomic E-state index is 0.0234. The molecule has 194 valence electrons. The molecular weight excluding hydrogens is 474 g/mol. The lowest BCUT2D eigenvalue weighted by Crippen LogP contribution is -2.36. The average molecular weight is 508 g/mol. The number of aromatic nitrogens is 2. The predicted molar refractivity (Wildman–Crippen MR) is 152 cm³/mol. The third-order valence-electron chi connectivity index (χ3n) is 7.55. The van der Waals surface area contributed by atoms with Crippen LogP contribution in [-0.4, -0.2) is 26.5 Å². The van der Waals surface area contributed by atoms with Crippen molar-refractivity contribution >= 4 is 34.7 Å². The number of carboxylic acid groups (broad SMARTS) is 1. The van der Waals surface area contributed by atoms with Crippen LogP contribution in [0.5, 0.6) is 0 Å². The number of hydrogen-bond acceptors (Lipinski definition) is 3. The van der Waals surface area contributed by atoms with Crippen LogP contribution in [0.25, 0.3) is 28.2 Å². The number of rotatable bonds is 7. The Morgan fingerprint density at radius 3 is 2.47 bits per heavy atom. The van der Waals surface area contributed by atoms with Crippen molar-refractivity contribution in [3.8, 4) is 11.1 Å². The van der Waals surface area contributed by atoms with Crippen molar-refractivity contribution in [2.45, 2.75) is 45.6 Å². The molecule has 0 aliphatic heterocycles. The standard InChI is InChI=1S/C32H33N3O3/c1-22-33-29-17-16-27(20-30(29)34(22)2)25-14-11-24(12-15-25)21-35(32(38)26-8-4-3-5-9-26)28-10-6-7-23(19-28)13-18-31(36)37/h6-7,10-20,26H,3-5,8-9,21H2,1-2H3,(H,36,37)/b18-13+. The van der Waals surface area contributed by atoms with Crippen LogP contribution >= 0.6 is 0 Å². The molecule has 1 heterocycles. The van der Waals surface area contributed by atoms with E-state index in [4.69, 9.17) is 5.11 Å². The number of benzene rings is 3. The summed E-state index contributed by atoms with van der Waals surface area (Å²) >= 11 is 0. The van der Waals surface area contributed by atoms with Gasteiger partial charge in [0.2, 0.25) is 5.91 Å². The monoisotopic (exact) mass is 507 g/mol. The van der Waals surface area contributed by atoms with E-state index in [0.717, 1.165) is 76.6 Å². The number of anilines is 1. The Labute approximate surface area is 223 Å². The second kappa shape index (κ2) is 11.1. The first-order chi connectivity index (χ1) is 18.4. The van der Waals surface area contributed by atoms with Gasteiger partial charge in [0.15, 0.2) is 0 Å². The first-order valence-electron chi connectivity index (χ1n) is 13.2. The van der Waals surface area contributed by atoms with Crippen molar-refractivity contribution < 1.29 is 14.7 Å². The van der Waals surface area contributed by atoms with Crippen LogP contribution in [-0.2, 0) is 23.2 Å². The second-order valence-corrected chi connectivity index (χ2v) is 10.1. The van der Waals surface area contributed by atoms with E-state index >= 15 is 0 Å². The highest BCUT2D eigenvalue weighted by molar-refractivity contribution is 5.95. The highest BCUT2D eigenvalue weighted by atomic mass is 16.4. The molecule has 0 atom stereocenters. The van der Waals surface area contributed by atoms with Gasteiger partial charge < -0.3 is 14.6 Å². The minimum Gasteiger partial charge on any atom is -0.478 e. The molecule has 0 unspecified atom stereocenters. The van der Waals surface area contributed by atoms with E-state index in [1.54, 1.807) is 6.08 Å². The Morgan fingerprint density at radius 2 is 1.74 bits per heavy atom. The Morgan fingerprint density at radius 1 is 1.00 bits per heavy atom. The van der Waals surface area contributed by atoms with Crippen LogP contribution in [0.3, 0.4) is 0 Å². The molecule has 1 amide bonds. The van der Waals surface area contributed by atoms with Gasteiger partial charge >= 0.3 is 5.97 Å². The fourth-order valence-corrected chi connectivity index (χ4v) is 5.31. The smallest absolute Gasteiger partial charge is 0.328 e. The van der Waals surface area contributed by atoms with Gasteiger partial charge in [0.1, 0.15) is 5.82 Å². The van der Waals surface area contributed by atoms with Crippen molar-refractivity contribution in [2.24, 2.45) is 13.0 Å². The largest absolute Gasteiger partial charge is 0.478 e. The van der Waals surface area contributed by atoms with Crippen LogP contribution in [0.2, 0.25) is 0 Å². The van der Waals surface area contributed by atoms with Gasteiger partial charge in [-0.25, -0.2) is 9.78 Å². The van der Waals surface area contributed by atoms with Crippen LogP contribution in [0, 0.1) is 12.8 Å². The molecule has 0 saturated heterocycles. The molecule has 6 heteroatoms. The highest BCUT2D eigenvalue weighted by Gasteiger charge is 2.27. The van der Waals surface area contributed by atoms with E-state index in [-0.39, 0.29) is 11.8 Å². The summed E-state index contributed by atoms with van der Waals surface area (Å²) in [6.45, 7) is 2.47. The lowest BCUT2D eigenvalue weighted by Gasteiger charge is -2.30. The molecule has 1 saturated carbocycles. The molecule has 0 bridgehead atoms. The van der Waals surface area contributed by atoms with E-state index in [9.17, 15) is 9.59 Å². The van der Waals surface area contributed by atoms with E-state index in [1.165, 1.54) is 6.42 Å². The van der Waals surface area contributed by atoms with Gasteiger partial charge in [-0.3, -0.25) is 4.79 Å². The summed E-state index contributed by atoms with van der Waals surface area (Å²) in [6.07, 6.45) is 7.87. The normalized spacial score (nSPS) is 14.3. The zero-order valence-electron chi connectivity index (χ0n) is 21.9. The zero-order valence-corrected chi connectivity index (χ0v) is 21.9. The number of carbonyl (C=O) groups excluding carboxylic acids is 1. The SMILES string of the molecule is Cc1nc2ccc(-c3ccc(CN(C(=O)C4CCCCC4)c4cccc(/C=C/C(=O)O)c4)cc3)cc2n1C. The molecular formula is C32H33N3O3. The van der Waals surface area contributed by atoms with Crippen molar-refractivity contribution in [3.05, 3.63) is 89.8 Å². The Balaban J connectivity index is 1.42. The third-order valence-corrected chi connectivity index (χ3v) is 7.55.